The van der Waals surface area contributed by atoms with Gasteiger partial charge in [0.15, 0.2) is 5.60 Å². The molecule has 26 heavy (non-hydrogen) atoms. The van der Waals surface area contributed by atoms with Crippen LogP contribution in [0.5, 0.6) is 0 Å². The van der Waals surface area contributed by atoms with E-state index < -0.39 is 11.6 Å². The summed E-state index contributed by atoms with van der Waals surface area (Å²) in [6.07, 6.45) is 3.03. The Hall–Kier alpha value is -2.96. The van der Waals surface area contributed by atoms with Crippen molar-refractivity contribution in [1.29, 1.82) is 0 Å². The summed E-state index contributed by atoms with van der Waals surface area (Å²) in [6.45, 7) is 0. The summed E-state index contributed by atoms with van der Waals surface area (Å²) in [7, 11) is 0. The minimum atomic E-state index is -2.38. The summed E-state index contributed by atoms with van der Waals surface area (Å²) in [5, 5.41) is 19.2. The van der Waals surface area contributed by atoms with Crippen molar-refractivity contribution in [2.24, 2.45) is 9.98 Å². The molecule has 0 aromatic heterocycles. The van der Waals surface area contributed by atoms with Crippen LogP contribution in [-0.4, -0.2) is 28.3 Å². The summed E-state index contributed by atoms with van der Waals surface area (Å²) in [5.41, 5.74) is 1.03. The number of nitrogens with zero attached hydrogens (tertiary/aromatic N) is 2. The van der Waals surface area contributed by atoms with Crippen molar-refractivity contribution in [3.8, 4) is 0 Å². The van der Waals surface area contributed by atoms with Crippen molar-refractivity contribution < 1.29 is 29.6 Å². The highest BCUT2D eigenvalue weighted by atomic mass is 17.3. The van der Waals surface area contributed by atoms with Gasteiger partial charge in [0.1, 0.15) is 0 Å². The lowest BCUT2D eigenvalue weighted by atomic mass is 9.81. The number of benzene rings is 2. The molecule has 0 saturated carbocycles. The SMILES string of the molecule is O=C=Nc1ccc(C2(c3ccc(N=C=O)cc3)CCC(O)(O)OO2)cc1. The third-order valence-electron chi connectivity index (χ3n) is 4.14. The van der Waals surface area contributed by atoms with Crippen molar-refractivity contribution in [3.63, 3.8) is 0 Å². The van der Waals surface area contributed by atoms with E-state index >= 15 is 0 Å². The normalized spacial score (nSPS) is 21.3. The van der Waals surface area contributed by atoms with Gasteiger partial charge >= 0.3 is 5.97 Å². The van der Waals surface area contributed by atoms with E-state index in [-0.39, 0.29) is 12.8 Å². The Balaban J connectivity index is 2.04. The minimum absolute atomic E-state index is 0.102. The summed E-state index contributed by atoms with van der Waals surface area (Å²) in [5.74, 6) is -2.38. The van der Waals surface area contributed by atoms with Gasteiger partial charge in [-0.05, 0) is 41.8 Å². The molecule has 2 aromatic carbocycles. The number of aliphatic imine (C=N–C) groups is 2. The predicted octanol–water partition coefficient (Wildman–Crippen LogP) is 2.25. The smallest absolute Gasteiger partial charge is 0.307 e. The summed E-state index contributed by atoms with van der Waals surface area (Å²) in [6, 6.07) is 13.2. The Morgan fingerprint density at radius 3 is 1.58 bits per heavy atom. The van der Waals surface area contributed by atoms with Crippen molar-refractivity contribution in [3.05, 3.63) is 59.7 Å². The largest absolute Gasteiger partial charge is 0.342 e. The fourth-order valence-electron chi connectivity index (χ4n) is 2.83. The third-order valence-corrected chi connectivity index (χ3v) is 4.14. The van der Waals surface area contributed by atoms with Gasteiger partial charge in [-0.15, -0.1) is 0 Å². The monoisotopic (exact) mass is 354 g/mol. The van der Waals surface area contributed by atoms with Gasteiger partial charge in [-0.1, -0.05) is 24.3 Å². The first-order valence-electron chi connectivity index (χ1n) is 7.67. The van der Waals surface area contributed by atoms with E-state index in [0.29, 0.717) is 22.5 Å². The molecule has 0 amide bonds. The van der Waals surface area contributed by atoms with Crippen LogP contribution in [0.3, 0.4) is 0 Å². The first kappa shape index (κ1) is 17.8. The third kappa shape index (κ3) is 3.51. The second-order valence-corrected chi connectivity index (χ2v) is 5.74. The Morgan fingerprint density at radius 1 is 0.769 bits per heavy atom. The molecular weight excluding hydrogens is 340 g/mol. The summed E-state index contributed by atoms with van der Waals surface area (Å²) in [4.78, 5) is 38.0. The van der Waals surface area contributed by atoms with Crippen molar-refractivity contribution in [2.45, 2.75) is 24.4 Å². The topological polar surface area (TPSA) is 118 Å². The van der Waals surface area contributed by atoms with Crippen LogP contribution < -0.4 is 0 Å². The maximum Gasteiger partial charge on any atom is 0.307 e. The van der Waals surface area contributed by atoms with Gasteiger partial charge in [0.25, 0.3) is 0 Å². The van der Waals surface area contributed by atoms with Gasteiger partial charge in [-0.2, -0.15) is 14.9 Å². The van der Waals surface area contributed by atoms with E-state index in [0.717, 1.165) is 0 Å². The second kappa shape index (κ2) is 7.11. The van der Waals surface area contributed by atoms with E-state index in [9.17, 15) is 19.8 Å². The standard InChI is InChI=1S/C18H14N2O6/c21-11-19-15-5-1-13(2-6-15)17(9-10-18(23,24)26-25-17)14-3-7-16(8-4-14)20-12-22/h1-8,23-24H,9-10H2. The maximum atomic E-state index is 10.4. The average Bonchev–Trinajstić information content (AvgIpc) is 2.64. The molecule has 1 aliphatic heterocycles. The lowest BCUT2D eigenvalue weighted by Crippen LogP contribution is -2.45. The molecule has 0 spiro atoms. The molecule has 2 N–H and O–H groups in total. The highest BCUT2D eigenvalue weighted by molar-refractivity contribution is 5.53. The average molecular weight is 354 g/mol. The number of isocyanates is 2. The molecule has 0 aliphatic carbocycles. The molecule has 0 bridgehead atoms. The molecule has 0 radical (unpaired) electrons. The van der Waals surface area contributed by atoms with Crippen molar-refractivity contribution >= 4 is 23.5 Å². The quantitative estimate of drug-likeness (QED) is 0.376. The Bertz CT molecular complexity index is 805. The van der Waals surface area contributed by atoms with Crippen LogP contribution in [0, 0.1) is 0 Å². The fraction of sp³-hybridized carbons (Fsp3) is 0.222. The highest BCUT2D eigenvalue weighted by Gasteiger charge is 2.46. The molecule has 1 saturated heterocycles. The number of aliphatic hydroxyl groups is 2. The summed E-state index contributed by atoms with van der Waals surface area (Å²) >= 11 is 0. The summed E-state index contributed by atoms with van der Waals surface area (Å²) < 4.78 is 0. The van der Waals surface area contributed by atoms with Gasteiger partial charge in [0.2, 0.25) is 12.2 Å². The van der Waals surface area contributed by atoms with Crippen LogP contribution in [0.25, 0.3) is 0 Å². The predicted molar refractivity (Wildman–Crippen MR) is 87.8 cm³/mol. The van der Waals surface area contributed by atoms with E-state index in [2.05, 4.69) is 9.98 Å². The molecule has 3 rings (SSSR count). The van der Waals surface area contributed by atoms with E-state index in [1.807, 2.05) is 0 Å². The fourth-order valence-corrected chi connectivity index (χ4v) is 2.83. The van der Waals surface area contributed by atoms with E-state index in [4.69, 9.17) is 9.78 Å². The maximum absolute atomic E-state index is 10.4. The Kier molecular flexibility index (Phi) is 4.88. The molecule has 2 aromatic rings. The number of carbonyl (C=O) groups excluding carboxylic acids is 2. The van der Waals surface area contributed by atoms with Crippen LogP contribution in [0.4, 0.5) is 11.4 Å². The highest BCUT2D eigenvalue weighted by Crippen LogP contribution is 2.44. The number of hydrogen-bond donors (Lipinski definition) is 2. The molecule has 1 aliphatic rings. The molecular formula is C18H14N2O6. The zero-order valence-electron chi connectivity index (χ0n) is 13.5. The van der Waals surface area contributed by atoms with Crippen LogP contribution in [0.15, 0.2) is 58.5 Å². The molecule has 8 heteroatoms. The lowest BCUT2D eigenvalue weighted by molar-refractivity contribution is -0.538. The number of rotatable bonds is 4. The zero-order valence-corrected chi connectivity index (χ0v) is 13.5. The van der Waals surface area contributed by atoms with Crippen molar-refractivity contribution in [2.75, 3.05) is 0 Å². The van der Waals surface area contributed by atoms with Crippen LogP contribution in [0.2, 0.25) is 0 Å². The first-order chi connectivity index (χ1) is 12.5. The molecule has 8 nitrogen and oxygen atoms in total. The van der Waals surface area contributed by atoms with E-state index in [1.165, 1.54) is 12.2 Å². The number of hydrogen-bond acceptors (Lipinski definition) is 8. The van der Waals surface area contributed by atoms with Crippen LogP contribution >= 0.6 is 0 Å². The molecule has 132 valence electrons. The van der Waals surface area contributed by atoms with Gasteiger partial charge in [0, 0.05) is 6.42 Å². The Morgan fingerprint density at radius 2 is 1.23 bits per heavy atom. The van der Waals surface area contributed by atoms with Gasteiger partial charge < -0.3 is 10.2 Å². The van der Waals surface area contributed by atoms with Gasteiger partial charge in [-0.25, -0.2) is 14.5 Å². The van der Waals surface area contributed by atoms with Crippen LogP contribution in [-0.2, 0) is 25.0 Å². The zero-order chi connectivity index (χ0) is 18.6. The molecule has 0 unspecified atom stereocenters. The first-order valence-corrected chi connectivity index (χ1v) is 7.67. The van der Waals surface area contributed by atoms with Gasteiger partial charge in [0.05, 0.1) is 11.4 Å². The minimum Gasteiger partial charge on any atom is -0.342 e. The second-order valence-electron chi connectivity index (χ2n) is 5.74. The van der Waals surface area contributed by atoms with Crippen molar-refractivity contribution in [1.82, 2.24) is 0 Å². The van der Waals surface area contributed by atoms with E-state index in [1.54, 1.807) is 48.5 Å². The van der Waals surface area contributed by atoms with Gasteiger partial charge in [-0.3, -0.25) is 0 Å². The van der Waals surface area contributed by atoms with Crippen LogP contribution in [0.1, 0.15) is 24.0 Å². The molecule has 1 fully saturated rings. The molecule has 0 atom stereocenters. The Labute approximate surface area is 148 Å². The lowest BCUT2D eigenvalue weighted by Gasteiger charge is -2.40. The molecule has 1 heterocycles.